The Morgan fingerprint density at radius 1 is 1.14 bits per heavy atom. The summed E-state index contributed by atoms with van der Waals surface area (Å²) in [4.78, 5) is 0. The summed E-state index contributed by atoms with van der Waals surface area (Å²) in [6, 6.07) is 10.5. The van der Waals surface area contributed by atoms with Crippen molar-refractivity contribution in [2.75, 3.05) is 13.1 Å². The lowest BCUT2D eigenvalue weighted by Gasteiger charge is -2.02. The molecule has 1 atom stereocenters. The van der Waals surface area contributed by atoms with Crippen molar-refractivity contribution >= 4 is 0 Å². The minimum absolute atomic E-state index is 0.524. The Labute approximate surface area is 122 Å². The number of H-pyrrole nitrogens is 1. The van der Waals surface area contributed by atoms with E-state index < -0.39 is 0 Å². The molecule has 0 spiro atoms. The van der Waals surface area contributed by atoms with Crippen LogP contribution >= 0.6 is 0 Å². The van der Waals surface area contributed by atoms with Crippen LogP contribution in [0.25, 0.3) is 22.4 Å². The van der Waals surface area contributed by atoms with Crippen LogP contribution < -0.4 is 5.32 Å². The third-order valence-electron chi connectivity index (χ3n) is 4.02. The highest BCUT2D eigenvalue weighted by Gasteiger charge is 2.19. The van der Waals surface area contributed by atoms with E-state index in [-0.39, 0.29) is 0 Å². The van der Waals surface area contributed by atoms with Gasteiger partial charge in [-0.3, -0.25) is 5.10 Å². The highest BCUT2D eigenvalue weighted by Crippen LogP contribution is 2.28. The molecule has 1 saturated heterocycles. The second-order valence-corrected chi connectivity index (χ2v) is 5.39. The number of nitrogens with one attached hydrogen (secondary N) is 2. The first-order chi connectivity index (χ1) is 10.4. The molecule has 1 aromatic carbocycles. The van der Waals surface area contributed by atoms with Crippen LogP contribution in [0, 0.1) is 0 Å². The lowest BCUT2D eigenvalue weighted by molar-refractivity contribution is 0.420. The summed E-state index contributed by atoms with van der Waals surface area (Å²) in [6.07, 6.45) is 4.54. The molecule has 1 aliphatic rings. The van der Waals surface area contributed by atoms with Crippen molar-refractivity contribution < 1.29 is 4.52 Å². The first-order valence-corrected chi connectivity index (χ1v) is 7.16. The number of rotatable bonds is 3. The third-order valence-corrected chi connectivity index (χ3v) is 4.02. The summed E-state index contributed by atoms with van der Waals surface area (Å²) in [6.45, 7) is 2.10. The minimum atomic E-state index is 0.524. The Kier molecular flexibility index (Phi) is 3.05. The van der Waals surface area contributed by atoms with Crippen LogP contribution in [0.5, 0.6) is 0 Å². The first kappa shape index (κ1) is 12.3. The van der Waals surface area contributed by atoms with Gasteiger partial charge >= 0.3 is 0 Å². The Bertz CT molecular complexity index is 726. The van der Waals surface area contributed by atoms with Gasteiger partial charge in [-0.05, 0) is 30.7 Å². The SMILES string of the molecule is c1cc(-c2cnoc2)cc(-c2cc(C3CCNC3)n[nH]2)c1. The van der Waals surface area contributed by atoms with Gasteiger partial charge in [0.25, 0.3) is 0 Å². The van der Waals surface area contributed by atoms with E-state index in [4.69, 9.17) is 4.52 Å². The van der Waals surface area contributed by atoms with Gasteiger partial charge in [0.05, 0.1) is 17.6 Å². The molecule has 5 nitrogen and oxygen atoms in total. The summed E-state index contributed by atoms with van der Waals surface area (Å²) >= 11 is 0. The molecule has 106 valence electrons. The van der Waals surface area contributed by atoms with Gasteiger partial charge in [-0.1, -0.05) is 23.4 Å². The summed E-state index contributed by atoms with van der Waals surface area (Å²) in [5, 5.41) is 14.8. The average Bonchev–Trinajstić information content (AvgIpc) is 3.26. The molecular formula is C16H16N4O. The molecule has 1 aliphatic heterocycles. The van der Waals surface area contributed by atoms with Crippen LogP contribution in [0.4, 0.5) is 0 Å². The molecular weight excluding hydrogens is 264 g/mol. The minimum Gasteiger partial charge on any atom is -0.364 e. The van der Waals surface area contributed by atoms with Gasteiger partial charge in [-0.2, -0.15) is 5.10 Å². The van der Waals surface area contributed by atoms with Gasteiger partial charge < -0.3 is 9.84 Å². The Balaban J connectivity index is 1.65. The zero-order valence-electron chi connectivity index (χ0n) is 11.5. The zero-order valence-corrected chi connectivity index (χ0v) is 11.5. The maximum Gasteiger partial charge on any atom is 0.131 e. The Morgan fingerprint density at radius 2 is 2.10 bits per heavy atom. The standard InChI is InChI=1S/C16H16N4O/c1-2-11(14-9-18-21-10-14)6-12(3-1)15-7-16(20-19-15)13-4-5-17-8-13/h1-3,6-7,9-10,13,17H,4-5,8H2,(H,19,20). The number of aromatic nitrogens is 3. The molecule has 1 unspecified atom stereocenters. The van der Waals surface area contributed by atoms with Crippen molar-refractivity contribution in [2.24, 2.45) is 0 Å². The summed E-state index contributed by atoms with van der Waals surface area (Å²) in [7, 11) is 0. The predicted molar refractivity (Wildman–Crippen MR) is 79.7 cm³/mol. The van der Waals surface area contributed by atoms with E-state index in [0.717, 1.165) is 47.6 Å². The van der Waals surface area contributed by atoms with Crippen molar-refractivity contribution in [1.82, 2.24) is 20.7 Å². The van der Waals surface area contributed by atoms with E-state index in [1.807, 2.05) is 12.1 Å². The normalized spacial score (nSPS) is 18.2. The van der Waals surface area contributed by atoms with Gasteiger partial charge in [0.1, 0.15) is 6.26 Å². The smallest absolute Gasteiger partial charge is 0.131 e. The van der Waals surface area contributed by atoms with Crippen molar-refractivity contribution in [3.8, 4) is 22.4 Å². The number of hydrogen-bond acceptors (Lipinski definition) is 4. The van der Waals surface area contributed by atoms with Crippen LogP contribution in [-0.4, -0.2) is 28.4 Å². The fraction of sp³-hybridized carbons (Fsp3) is 0.250. The lowest BCUT2D eigenvalue weighted by atomic mass is 10.0. The largest absolute Gasteiger partial charge is 0.364 e. The van der Waals surface area contributed by atoms with Crippen LogP contribution in [0.3, 0.4) is 0 Å². The predicted octanol–water partition coefficient (Wildman–Crippen LogP) is 2.81. The highest BCUT2D eigenvalue weighted by atomic mass is 16.5. The van der Waals surface area contributed by atoms with Crippen LogP contribution in [-0.2, 0) is 0 Å². The van der Waals surface area contributed by atoms with Gasteiger partial charge in [-0.15, -0.1) is 0 Å². The van der Waals surface area contributed by atoms with Crippen molar-refractivity contribution in [3.05, 3.63) is 48.5 Å². The van der Waals surface area contributed by atoms with Gasteiger partial charge in [0, 0.05) is 23.6 Å². The maximum atomic E-state index is 4.91. The molecule has 0 bridgehead atoms. The molecule has 0 radical (unpaired) electrons. The highest BCUT2D eigenvalue weighted by molar-refractivity contribution is 5.70. The molecule has 4 rings (SSSR count). The van der Waals surface area contributed by atoms with Crippen molar-refractivity contribution in [2.45, 2.75) is 12.3 Å². The first-order valence-electron chi connectivity index (χ1n) is 7.16. The third kappa shape index (κ3) is 2.36. The van der Waals surface area contributed by atoms with E-state index in [0.29, 0.717) is 5.92 Å². The fourth-order valence-corrected chi connectivity index (χ4v) is 2.82. The van der Waals surface area contributed by atoms with Gasteiger partial charge in [-0.25, -0.2) is 0 Å². The Morgan fingerprint density at radius 3 is 2.90 bits per heavy atom. The molecule has 3 aromatic rings. The number of nitrogens with zero attached hydrogens (tertiary/aromatic N) is 2. The molecule has 0 saturated carbocycles. The van der Waals surface area contributed by atoms with E-state index in [1.54, 1.807) is 12.5 Å². The monoisotopic (exact) mass is 280 g/mol. The Hall–Kier alpha value is -2.40. The van der Waals surface area contributed by atoms with Crippen LogP contribution in [0.2, 0.25) is 0 Å². The van der Waals surface area contributed by atoms with E-state index in [1.165, 1.54) is 0 Å². The van der Waals surface area contributed by atoms with E-state index >= 15 is 0 Å². The molecule has 1 fully saturated rings. The second-order valence-electron chi connectivity index (χ2n) is 5.39. The number of aromatic amines is 1. The number of benzene rings is 1. The van der Waals surface area contributed by atoms with Gasteiger partial charge in [0.15, 0.2) is 0 Å². The molecule has 3 heterocycles. The van der Waals surface area contributed by atoms with Crippen molar-refractivity contribution in [1.29, 1.82) is 0 Å². The maximum absolute atomic E-state index is 4.91. The molecule has 21 heavy (non-hydrogen) atoms. The lowest BCUT2D eigenvalue weighted by Crippen LogP contribution is -2.08. The summed E-state index contributed by atoms with van der Waals surface area (Å²) in [5.41, 5.74) is 5.39. The van der Waals surface area contributed by atoms with E-state index in [9.17, 15) is 0 Å². The summed E-state index contributed by atoms with van der Waals surface area (Å²) in [5.74, 6) is 0.524. The molecule has 2 aromatic heterocycles. The summed E-state index contributed by atoms with van der Waals surface area (Å²) < 4.78 is 4.91. The molecule has 5 heteroatoms. The molecule has 0 amide bonds. The quantitative estimate of drug-likeness (QED) is 0.774. The molecule has 0 aliphatic carbocycles. The zero-order chi connectivity index (χ0) is 14.1. The van der Waals surface area contributed by atoms with E-state index in [2.05, 4.69) is 38.9 Å². The fourth-order valence-electron chi connectivity index (χ4n) is 2.82. The number of hydrogen-bond donors (Lipinski definition) is 2. The topological polar surface area (TPSA) is 66.7 Å². The van der Waals surface area contributed by atoms with Gasteiger partial charge in [0.2, 0.25) is 0 Å². The van der Waals surface area contributed by atoms with Crippen molar-refractivity contribution in [3.63, 3.8) is 0 Å². The second kappa shape index (κ2) is 5.18. The molecule has 2 N–H and O–H groups in total. The average molecular weight is 280 g/mol. The van der Waals surface area contributed by atoms with Crippen LogP contribution in [0.1, 0.15) is 18.0 Å². The van der Waals surface area contributed by atoms with Crippen LogP contribution in [0.15, 0.2) is 47.3 Å².